The first-order chi connectivity index (χ1) is 14.3. The maximum atomic E-state index is 12.7. The quantitative estimate of drug-likeness (QED) is 0.525. The van der Waals surface area contributed by atoms with Crippen molar-refractivity contribution in [1.82, 2.24) is 10.3 Å². The van der Waals surface area contributed by atoms with Gasteiger partial charge in [0.1, 0.15) is 5.76 Å². The van der Waals surface area contributed by atoms with Gasteiger partial charge in [-0.15, -0.1) is 11.3 Å². The van der Waals surface area contributed by atoms with Gasteiger partial charge in [0, 0.05) is 5.38 Å². The Morgan fingerprint density at radius 3 is 2.50 bits per heavy atom. The number of ether oxygens (including phenoxy) is 1. The number of carbonyl (C=O) groups is 2. The molecule has 0 fully saturated rings. The van der Waals surface area contributed by atoms with Crippen LogP contribution in [-0.2, 0) is 20.7 Å². The molecule has 6 nitrogen and oxygen atoms in total. The Morgan fingerprint density at radius 2 is 1.87 bits per heavy atom. The minimum Gasteiger partial charge on any atom is -0.463 e. The maximum Gasteiger partial charge on any atom is 0.308 e. The van der Waals surface area contributed by atoms with Crippen LogP contribution >= 0.6 is 11.3 Å². The van der Waals surface area contributed by atoms with Crippen molar-refractivity contribution in [3.8, 4) is 10.8 Å². The lowest BCUT2D eigenvalue weighted by atomic mass is 10.0. The Kier molecular flexibility index (Phi) is 7.05. The average Bonchev–Trinajstić information content (AvgIpc) is 3.30. The van der Waals surface area contributed by atoms with Gasteiger partial charge in [-0.2, -0.15) is 0 Å². The number of aromatic nitrogens is 1. The molecule has 30 heavy (non-hydrogen) atoms. The highest BCUT2D eigenvalue weighted by Gasteiger charge is 2.21. The molecule has 1 aromatic carbocycles. The number of aryl methyl sites for hydroxylation is 2. The molecule has 0 radical (unpaired) electrons. The molecule has 1 unspecified atom stereocenters. The van der Waals surface area contributed by atoms with E-state index in [2.05, 4.69) is 10.3 Å². The molecule has 1 N–H and O–H groups in total. The Bertz CT molecular complexity index is 1000. The van der Waals surface area contributed by atoms with Crippen LogP contribution < -0.4 is 5.32 Å². The van der Waals surface area contributed by atoms with E-state index in [1.165, 1.54) is 11.3 Å². The summed E-state index contributed by atoms with van der Waals surface area (Å²) in [5, 5.41) is 5.55. The van der Waals surface area contributed by atoms with Crippen LogP contribution in [0.1, 0.15) is 48.9 Å². The van der Waals surface area contributed by atoms with Crippen molar-refractivity contribution in [2.24, 2.45) is 0 Å². The SMILES string of the molecule is Cc1ccc(C(CC(=O)OC(C)C)NC(=O)Cc2csc(-c3ccc(C)o3)n2)cc1. The van der Waals surface area contributed by atoms with Crippen LogP contribution in [0.25, 0.3) is 10.8 Å². The van der Waals surface area contributed by atoms with Crippen LogP contribution in [0.2, 0.25) is 0 Å². The second kappa shape index (κ2) is 9.71. The van der Waals surface area contributed by atoms with Crippen LogP contribution in [0.15, 0.2) is 46.2 Å². The summed E-state index contributed by atoms with van der Waals surface area (Å²) in [6, 6.07) is 11.0. The lowest BCUT2D eigenvalue weighted by Gasteiger charge is -2.19. The molecule has 0 aliphatic carbocycles. The fourth-order valence-electron chi connectivity index (χ4n) is 2.99. The molecule has 3 aromatic rings. The number of rotatable bonds is 8. The molecule has 2 heterocycles. The van der Waals surface area contributed by atoms with E-state index >= 15 is 0 Å². The first kappa shape index (κ1) is 21.8. The predicted molar refractivity (Wildman–Crippen MR) is 116 cm³/mol. The van der Waals surface area contributed by atoms with Crippen LogP contribution in [-0.4, -0.2) is 23.0 Å². The smallest absolute Gasteiger partial charge is 0.308 e. The fraction of sp³-hybridized carbons (Fsp3) is 0.348. The zero-order chi connectivity index (χ0) is 21.7. The van der Waals surface area contributed by atoms with Gasteiger partial charge in [-0.3, -0.25) is 9.59 Å². The van der Waals surface area contributed by atoms with Crippen molar-refractivity contribution in [3.63, 3.8) is 0 Å². The summed E-state index contributed by atoms with van der Waals surface area (Å²) in [6.07, 6.45) is -0.0100. The fourth-order valence-corrected chi connectivity index (χ4v) is 3.77. The number of amides is 1. The number of nitrogens with zero attached hydrogens (tertiary/aromatic N) is 1. The number of carbonyl (C=O) groups excluding carboxylic acids is 2. The summed E-state index contributed by atoms with van der Waals surface area (Å²) in [5.74, 6) is 0.956. The van der Waals surface area contributed by atoms with Gasteiger partial charge in [-0.05, 0) is 45.4 Å². The largest absolute Gasteiger partial charge is 0.463 e. The highest BCUT2D eigenvalue weighted by Crippen LogP contribution is 2.26. The number of thiazole rings is 1. The molecule has 158 valence electrons. The number of hydrogen-bond donors (Lipinski definition) is 1. The van der Waals surface area contributed by atoms with Crippen molar-refractivity contribution >= 4 is 23.2 Å². The molecule has 1 amide bonds. The molecule has 3 rings (SSSR count). The molecule has 2 aromatic heterocycles. The summed E-state index contributed by atoms with van der Waals surface area (Å²) in [4.78, 5) is 29.4. The van der Waals surface area contributed by atoms with E-state index < -0.39 is 6.04 Å². The Morgan fingerprint density at radius 1 is 1.13 bits per heavy atom. The zero-order valence-electron chi connectivity index (χ0n) is 17.6. The van der Waals surface area contributed by atoms with E-state index in [0.29, 0.717) is 11.5 Å². The first-order valence-corrected chi connectivity index (χ1v) is 10.7. The summed E-state index contributed by atoms with van der Waals surface area (Å²) < 4.78 is 10.9. The number of esters is 1. The van der Waals surface area contributed by atoms with Gasteiger partial charge in [-0.25, -0.2) is 4.98 Å². The van der Waals surface area contributed by atoms with Gasteiger partial charge in [0.05, 0.1) is 30.7 Å². The molecule has 0 saturated heterocycles. The summed E-state index contributed by atoms with van der Waals surface area (Å²) in [5.41, 5.74) is 2.63. The van der Waals surface area contributed by atoms with Crippen molar-refractivity contribution in [1.29, 1.82) is 0 Å². The van der Waals surface area contributed by atoms with E-state index in [4.69, 9.17) is 9.15 Å². The normalized spacial score (nSPS) is 12.0. The van der Waals surface area contributed by atoms with Gasteiger partial charge >= 0.3 is 5.97 Å². The molecule has 7 heteroatoms. The molecule has 0 bridgehead atoms. The molecular weight excluding hydrogens is 400 g/mol. The number of benzene rings is 1. The summed E-state index contributed by atoms with van der Waals surface area (Å²) >= 11 is 1.43. The van der Waals surface area contributed by atoms with Crippen molar-refractivity contribution in [2.75, 3.05) is 0 Å². The number of furan rings is 1. The average molecular weight is 427 g/mol. The van der Waals surface area contributed by atoms with Crippen molar-refractivity contribution in [2.45, 2.75) is 52.7 Å². The highest BCUT2D eigenvalue weighted by molar-refractivity contribution is 7.13. The van der Waals surface area contributed by atoms with E-state index in [1.54, 1.807) is 13.8 Å². The monoisotopic (exact) mass is 426 g/mol. The van der Waals surface area contributed by atoms with Crippen LogP contribution in [0.5, 0.6) is 0 Å². The molecule has 0 aliphatic rings. The third-order valence-electron chi connectivity index (χ3n) is 4.40. The van der Waals surface area contributed by atoms with E-state index in [0.717, 1.165) is 21.9 Å². The third-order valence-corrected chi connectivity index (χ3v) is 5.30. The minimum absolute atomic E-state index is 0.0704. The second-order valence-corrected chi connectivity index (χ2v) is 8.36. The van der Waals surface area contributed by atoms with Gasteiger partial charge in [0.2, 0.25) is 5.91 Å². The van der Waals surface area contributed by atoms with Gasteiger partial charge < -0.3 is 14.5 Å². The molecule has 0 saturated carbocycles. The number of nitrogens with one attached hydrogen (secondary N) is 1. The van der Waals surface area contributed by atoms with E-state index in [1.807, 2.05) is 55.6 Å². The molecular formula is C23H26N2O4S. The lowest BCUT2D eigenvalue weighted by Crippen LogP contribution is -2.32. The second-order valence-electron chi connectivity index (χ2n) is 7.50. The molecule has 1 atom stereocenters. The van der Waals surface area contributed by atoms with Crippen molar-refractivity contribution in [3.05, 3.63) is 64.4 Å². The lowest BCUT2D eigenvalue weighted by molar-refractivity contribution is -0.148. The Hall–Kier alpha value is -2.93. The molecule has 0 aliphatic heterocycles. The third kappa shape index (κ3) is 6.03. The standard InChI is InChI=1S/C23H26N2O4S/c1-14(2)28-22(27)12-19(17-8-5-15(3)6-9-17)25-21(26)11-18-13-30-23(24-18)20-10-7-16(4)29-20/h5-10,13-14,19H,11-12H2,1-4H3,(H,25,26). The Labute approximate surface area is 180 Å². The van der Waals surface area contributed by atoms with Gasteiger partial charge in [0.15, 0.2) is 10.8 Å². The van der Waals surface area contributed by atoms with Crippen LogP contribution in [0, 0.1) is 13.8 Å². The first-order valence-electron chi connectivity index (χ1n) is 9.87. The zero-order valence-corrected chi connectivity index (χ0v) is 18.4. The minimum atomic E-state index is -0.463. The van der Waals surface area contributed by atoms with E-state index in [9.17, 15) is 9.59 Å². The van der Waals surface area contributed by atoms with Gasteiger partial charge in [0.25, 0.3) is 0 Å². The Balaban J connectivity index is 1.68. The van der Waals surface area contributed by atoms with Crippen LogP contribution in [0.3, 0.4) is 0 Å². The molecule has 0 spiro atoms. The maximum absolute atomic E-state index is 12.7. The van der Waals surface area contributed by atoms with Gasteiger partial charge in [-0.1, -0.05) is 29.8 Å². The van der Waals surface area contributed by atoms with Crippen molar-refractivity contribution < 1.29 is 18.7 Å². The summed E-state index contributed by atoms with van der Waals surface area (Å²) in [7, 11) is 0. The van der Waals surface area contributed by atoms with E-state index in [-0.39, 0.29) is 30.8 Å². The predicted octanol–water partition coefficient (Wildman–Crippen LogP) is 4.76. The highest BCUT2D eigenvalue weighted by atomic mass is 32.1. The summed E-state index contributed by atoms with van der Waals surface area (Å²) in [6.45, 7) is 7.47. The topological polar surface area (TPSA) is 81.4 Å². The van der Waals surface area contributed by atoms with Crippen LogP contribution in [0.4, 0.5) is 0 Å². The number of hydrogen-bond acceptors (Lipinski definition) is 6.